The second-order valence-electron chi connectivity index (χ2n) is 4.32. The maximum absolute atomic E-state index is 11.3. The van der Waals surface area contributed by atoms with Gasteiger partial charge in [-0.15, -0.1) is 11.3 Å². The molecule has 0 saturated carbocycles. The Balaban J connectivity index is 1.82. The lowest BCUT2D eigenvalue weighted by Crippen LogP contribution is -2.03. The number of anilines is 1. The Morgan fingerprint density at radius 1 is 1.47 bits per heavy atom. The van der Waals surface area contributed by atoms with E-state index in [2.05, 4.69) is 10.3 Å². The Morgan fingerprint density at radius 2 is 2.32 bits per heavy atom. The van der Waals surface area contributed by atoms with Crippen molar-refractivity contribution in [3.05, 3.63) is 45.4 Å². The minimum Gasteiger partial charge on any atom is -0.476 e. The average Bonchev–Trinajstić information content (AvgIpc) is 2.94. The van der Waals surface area contributed by atoms with Gasteiger partial charge in [0.25, 0.3) is 0 Å². The van der Waals surface area contributed by atoms with Crippen LogP contribution in [0.5, 0.6) is 0 Å². The van der Waals surface area contributed by atoms with Gasteiger partial charge in [-0.2, -0.15) is 0 Å². The minimum atomic E-state index is -1.01. The lowest BCUT2D eigenvalue weighted by Gasteiger charge is -2.02. The summed E-state index contributed by atoms with van der Waals surface area (Å²) in [7, 11) is 0. The van der Waals surface area contributed by atoms with Gasteiger partial charge in [0.2, 0.25) is 5.91 Å². The number of fused-ring (bicyclic) bond motifs is 1. The number of carbonyl (C=O) groups is 2. The van der Waals surface area contributed by atoms with Crippen molar-refractivity contribution in [2.45, 2.75) is 12.8 Å². The fourth-order valence-electron chi connectivity index (χ4n) is 2.06. The highest BCUT2D eigenvalue weighted by atomic mass is 32.1. The van der Waals surface area contributed by atoms with Crippen molar-refractivity contribution >= 4 is 28.9 Å². The number of carbonyl (C=O) groups excluding carboxylic acids is 1. The molecule has 0 saturated heterocycles. The summed E-state index contributed by atoms with van der Waals surface area (Å²) >= 11 is 1.33. The maximum Gasteiger partial charge on any atom is 0.355 e. The van der Waals surface area contributed by atoms with Gasteiger partial charge in [-0.25, -0.2) is 9.78 Å². The molecular formula is C13H10N2O3S. The number of nitrogens with one attached hydrogen (secondary N) is 1. The molecule has 0 unspecified atom stereocenters. The first-order valence-electron chi connectivity index (χ1n) is 5.71. The number of hydrogen-bond donors (Lipinski definition) is 2. The zero-order valence-corrected chi connectivity index (χ0v) is 10.7. The smallest absolute Gasteiger partial charge is 0.355 e. The Morgan fingerprint density at radius 3 is 3.05 bits per heavy atom. The second kappa shape index (κ2) is 4.47. The van der Waals surface area contributed by atoms with Crippen LogP contribution in [0.2, 0.25) is 0 Å². The van der Waals surface area contributed by atoms with Crippen LogP contribution < -0.4 is 5.32 Å². The first-order valence-corrected chi connectivity index (χ1v) is 6.59. The zero-order chi connectivity index (χ0) is 13.4. The van der Waals surface area contributed by atoms with Gasteiger partial charge in [0.15, 0.2) is 5.69 Å². The van der Waals surface area contributed by atoms with E-state index in [4.69, 9.17) is 5.11 Å². The van der Waals surface area contributed by atoms with Crippen molar-refractivity contribution in [1.82, 2.24) is 4.98 Å². The van der Waals surface area contributed by atoms with Crippen LogP contribution >= 0.6 is 11.3 Å². The number of carboxylic acids is 1. The molecule has 2 heterocycles. The number of rotatable bonds is 3. The molecule has 2 aromatic rings. The van der Waals surface area contributed by atoms with Crippen LogP contribution in [0.25, 0.3) is 0 Å². The summed E-state index contributed by atoms with van der Waals surface area (Å²) in [6, 6.07) is 5.77. The molecule has 0 aliphatic carbocycles. The van der Waals surface area contributed by atoms with Crippen LogP contribution in [0.1, 0.15) is 26.6 Å². The van der Waals surface area contributed by atoms with E-state index in [1.54, 1.807) is 0 Å². The van der Waals surface area contributed by atoms with Gasteiger partial charge in [0, 0.05) is 17.5 Å². The molecule has 1 aliphatic heterocycles. The Labute approximate surface area is 112 Å². The fourth-order valence-corrected chi connectivity index (χ4v) is 2.86. The molecule has 0 bridgehead atoms. The van der Waals surface area contributed by atoms with Gasteiger partial charge in [-0.1, -0.05) is 12.1 Å². The predicted octanol–water partition coefficient (Wildman–Crippen LogP) is 1.93. The number of aromatic carboxylic acids is 1. The van der Waals surface area contributed by atoms with Crippen LogP contribution in [0.15, 0.2) is 23.6 Å². The Bertz CT molecular complexity index is 678. The third-order valence-electron chi connectivity index (χ3n) is 2.92. The van der Waals surface area contributed by atoms with E-state index in [1.807, 2.05) is 18.2 Å². The topological polar surface area (TPSA) is 79.3 Å². The SMILES string of the molecule is O=C1Cc2cc(Cc3nc(C(=O)O)cs3)ccc2N1. The van der Waals surface area contributed by atoms with Gasteiger partial charge < -0.3 is 10.4 Å². The molecule has 6 heteroatoms. The molecule has 1 aromatic heterocycles. The monoisotopic (exact) mass is 274 g/mol. The van der Waals surface area contributed by atoms with E-state index in [0.717, 1.165) is 21.8 Å². The van der Waals surface area contributed by atoms with Crippen LogP contribution in [-0.4, -0.2) is 22.0 Å². The van der Waals surface area contributed by atoms with Gasteiger partial charge in [0.1, 0.15) is 0 Å². The Kier molecular flexibility index (Phi) is 2.79. The third kappa shape index (κ3) is 2.34. The summed E-state index contributed by atoms with van der Waals surface area (Å²) < 4.78 is 0. The summed E-state index contributed by atoms with van der Waals surface area (Å²) in [6.07, 6.45) is 0.987. The van der Waals surface area contributed by atoms with Crippen LogP contribution in [-0.2, 0) is 17.6 Å². The van der Waals surface area contributed by atoms with E-state index < -0.39 is 5.97 Å². The van der Waals surface area contributed by atoms with Crippen molar-refractivity contribution in [2.75, 3.05) is 5.32 Å². The highest BCUT2D eigenvalue weighted by Crippen LogP contribution is 2.25. The van der Waals surface area contributed by atoms with Crippen molar-refractivity contribution < 1.29 is 14.7 Å². The summed E-state index contributed by atoms with van der Waals surface area (Å²) in [6.45, 7) is 0. The first kappa shape index (κ1) is 11.9. The molecule has 1 aliphatic rings. The molecule has 96 valence electrons. The molecule has 0 spiro atoms. The summed E-state index contributed by atoms with van der Waals surface area (Å²) in [4.78, 5) is 26.1. The highest BCUT2D eigenvalue weighted by Gasteiger charge is 2.17. The number of amides is 1. The van der Waals surface area contributed by atoms with E-state index in [9.17, 15) is 9.59 Å². The number of aromatic nitrogens is 1. The molecule has 5 nitrogen and oxygen atoms in total. The van der Waals surface area contributed by atoms with Gasteiger partial charge in [-0.3, -0.25) is 4.79 Å². The van der Waals surface area contributed by atoms with E-state index in [0.29, 0.717) is 12.8 Å². The molecule has 1 amide bonds. The van der Waals surface area contributed by atoms with Gasteiger partial charge in [-0.05, 0) is 17.2 Å². The highest BCUT2D eigenvalue weighted by molar-refractivity contribution is 7.09. The number of benzene rings is 1. The number of nitrogens with zero attached hydrogens (tertiary/aromatic N) is 1. The fraction of sp³-hybridized carbons (Fsp3) is 0.154. The standard InChI is InChI=1S/C13H10N2O3S/c16-11-5-8-3-7(1-2-9(8)14-11)4-12-15-10(6-19-12)13(17)18/h1-3,6H,4-5H2,(H,14,16)(H,17,18). The summed E-state index contributed by atoms with van der Waals surface area (Å²) in [5.74, 6) is -0.999. The van der Waals surface area contributed by atoms with Crippen molar-refractivity contribution in [3.63, 3.8) is 0 Å². The number of thiazole rings is 1. The molecular weight excluding hydrogens is 264 g/mol. The van der Waals surface area contributed by atoms with Crippen molar-refractivity contribution in [2.24, 2.45) is 0 Å². The lowest BCUT2D eigenvalue weighted by molar-refractivity contribution is -0.115. The molecule has 2 N–H and O–H groups in total. The van der Waals surface area contributed by atoms with Crippen molar-refractivity contribution in [1.29, 1.82) is 0 Å². The zero-order valence-electron chi connectivity index (χ0n) is 9.84. The molecule has 0 fully saturated rings. The average molecular weight is 274 g/mol. The number of hydrogen-bond acceptors (Lipinski definition) is 4. The Hall–Kier alpha value is -2.21. The largest absolute Gasteiger partial charge is 0.476 e. The minimum absolute atomic E-state index is 0.00885. The van der Waals surface area contributed by atoms with E-state index in [1.165, 1.54) is 16.7 Å². The molecule has 0 atom stereocenters. The third-order valence-corrected chi connectivity index (χ3v) is 3.77. The summed E-state index contributed by atoms with van der Waals surface area (Å²) in [5, 5.41) is 13.9. The quantitative estimate of drug-likeness (QED) is 0.896. The van der Waals surface area contributed by atoms with E-state index >= 15 is 0 Å². The van der Waals surface area contributed by atoms with Crippen LogP contribution in [0.4, 0.5) is 5.69 Å². The van der Waals surface area contributed by atoms with Crippen LogP contribution in [0.3, 0.4) is 0 Å². The maximum atomic E-state index is 11.3. The van der Waals surface area contributed by atoms with Crippen LogP contribution in [0, 0.1) is 0 Å². The second-order valence-corrected chi connectivity index (χ2v) is 5.27. The van der Waals surface area contributed by atoms with E-state index in [-0.39, 0.29) is 11.6 Å². The summed E-state index contributed by atoms with van der Waals surface area (Å²) in [5.41, 5.74) is 2.95. The molecule has 3 rings (SSSR count). The molecule has 19 heavy (non-hydrogen) atoms. The first-order chi connectivity index (χ1) is 9.11. The molecule has 1 aromatic carbocycles. The van der Waals surface area contributed by atoms with Crippen molar-refractivity contribution in [3.8, 4) is 0 Å². The predicted molar refractivity (Wildman–Crippen MR) is 70.7 cm³/mol. The number of carboxylic acid groups (broad SMARTS) is 1. The normalized spacial score (nSPS) is 13.2. The van der Waals surface area contributed by atoms with Gasteiger partial charge >= 0.3 is 5.97 Å². The van der Waals surface area contributed by atoms with Gasteiger partial charge in [0.05, 0.1) is 11.4 Å². The molecule has 0 radical (unpaired) electrons. The lowest BCUT2D eigenvalue weighted by atomic mass is 10.1.